The third-order valence-electron chi connectivity index (χ3n) is 5.48. The smallest absolute Gasteiger partial charge is 0.258 e. The Kier molecular flexibility index (Phi) is 4.68. The highest BCUT2D eigenvalue weighted by Gasteiger charge is 2.32. The van der Waals surface area contributed by atoms with E-state index in [0.29, 0.717) is 16.9 Å². The van der Waals surface area contributed by atoms with Crippen LogP contribution >= 0.6 is 0 Å². The molecule has 0 heterocycles. The predicted molar refractivity (Wildman–Crippen MR) is 99.5 cm³/mol. The average molecular weight is 367 g/mol. The van der Waals surface area contributed by atoms with Gasteiger partial charge in [-0.15, -0.1) is 0 Å². The minimum absolute atomic E-state index is 0.0216. The number of Topliss-reactive ketones (excluding diaryl/α,β-unsaturated/α-hetero) is 1. The fourth-order valence-electron chi connectivity index (χ4n) is 4.23. The molecule has 0 bridgehead atoms. The Balaban J connectivity index is 1.45. The third kappa shape index (κ3) is 3.34. The van der Waals surface area contributed by atoms with Crippen LogP contribution < -0.4 is 10.1 Å². The van der Waals surface area contributed by atoms with Crippen LogP contribution in [0.25, 0.3) is 0 Å². The third-order valence-corrected chi connectivity index (χ3v) is 5.48. The predicted octanol–water partition coefficient (Wildman–Crippen LogP) is 4.09. The van der Waals surface area contributed by atoms with E-state index < -0.39 is 0 Å². The number of hydrogen-bond donors (Lipinski definition) is 1. The summed E-state index contributed by atoms with van der Waals surface area (Å²) in [6, 6.07) is 10.9. The topological polar surface area (TPSA) is 55.4 Å². The maximum atomic E-state index is 14.1. The second-order valence-electron chi connectivity index (χ2n) is 7.36. The summed E-state index contributed by atoms with van der Waals surface area (Å²) in [4.78, 5) is 24.6. The normalized spacial score (nSPS) is 20.7. The van der Waals surface area contributed by atoms with Gasteiger partial charge in [0, 0.05) is 12.0 Å². The highest BCUT2D eigenvalue weighted by atomic mass is 19.1. The Bertz CT molecular complexity index is 908. The minimum atomic E-state index is -0.390. The van der Waals surface area contributed by atoms with Crippen LogP contribution in [0, 0.1) is 5.82 Å². The molecule has 4 rings (SSSR count). The van der Waals surface area contributed by atoms with E-state index in [1.165, 1.54) is 17.7 Å². The van der Waals surface area contributed by atoms with Gasteiger partial charge >= 0.3 is 0 Å². The van der Waals surface area contributed by atoms with Crippen LogP contribution in [0.2, 0.25) is 0 Å². The van der Waals surface area contributed by atoms with E-state index in [4.69, 9.17) is 4.74 Å². The lowest BCUT2D eigenvalue weighted by Gasteiger charge is -2.26. The van der Waals surface area contributed by atoms with Crippen LogP contribution in [0.15, 0.2) is 36.4 Å². The van der Waals surface area contributed by atoms with Gasteiger partial charge in [0.15, 0.2) is 12.4 Å². The van der Waals surface area contributed by atoms with Crippen LogP contribution in [0.1, 0.15) is 65.2 Å². The Morgan fingerprint density at radius 2 is 2.07 bits per heavy atom. The molecule has 27 heavy (non-hydrogen) atoms. The molecule has 0 aliphatic heterocycles. The number of nitrogens with one attached hydrogen (secondary N) is 1. The van der Waals surface area contributed by atoms with Crippen LogP contribution in [-0.2, 0) is 11.2 Å². The van der Waals surface area contributed by atoms with Crippen molar-refractivity contribution in [3.8, 4) is 5.75 Å². The van der Waals surface area contributed by atoms with E-state index in [-0.39, 0.29) is 42.5 Å². The molecular formula is C22H22FNO3. The molecule has 2 aromatic rings. The first-order valence-corrected chi connectivity index (χ1v) is 9.40. The first-order chi connectivity index (χ1) is 13.0. The lowest BCUT2D eigenvalue weighted by molar-refractivity contribution is -0.124. The fourth-order valence-corrected chi connectivity index (χ4v) is 4.23. The molecule has 1 unspecified atom stereocenters. The summed E-state index contributed by atoms with van der Waals surface area (Å²) in [6.07, 6.45) is 3.23. The molecule has 140 valence electrons. The Morgan fingerprint density at radius 1 is 1.26 bits per heavy atom. The van der Waals surface area contributed by atoms with Crippen molar-refractivity contribution in [2.45, 2.75) is 44.6 Å². The summed E-state index contributed by atoms with van der Waals surface area (Å²) < 4.78 is 19.7. The van der Waals surface area contributed by atoms with Crippen molar-refractivity contribution in [2.24, 2.45) is 0 Å². The Labute approximate surface area is 157 Å². The van der Waals surface area contributed by atoms with Gasteiger partial charge in [-0.2, -0.15) is 0 Å². The summed E-state index contributed by atoms with van der Waals surface area (Å²) in [5, 5.41) is 3.02. The molecule has 1 N–H and O–H groups in total. The second-order valence-corrected chi connectivity index (χ2v) is 7.36. The number of carbonyl (C=O) groups is 2. The maximum absolute atomic E-state index is 14.1. The molecule has 0 saturated carbocycles. The van der Waals surface area contributed by atoms with E-state index in [0.717, 1.165) is 24.8 Å². The van der Waals surface area contributed by atoms with Gasteiger partial charge in [0.25, 0.3) is 5.91 Å². The van der Waals surface area contributed by atoms with Crippen LogP contribution in [0.3, 0.4) is 0 Å². The van der Waals surface area contributed by atoms with E-state index in [9.17, 15) is 14.0 Å². The summed E-state index contributed by atoms with van der Waals surface area (Å²) in [5.74, 6) is -0.635. The number of benzene rings is 2. The highest BCUT2D eigenvalue weighted by Crippen LogP contribution is 2.39. The van der Waals surface area contributed by atoms with Crippen molar-refractivity contribution in [3.63, 3.8) is 0 Å². The highest BCUT2D eigenvalue weighted by molar-refractivity contribution is 6.03. The van der Waals surface area contributed by atoms with Gasteiger partial charge in [0.05, 0.1) is 11.6 Å². The molecule has 0 aromatic heterocycles. The second kappa shape index (κ2) is 7.14. The van der Waals surface area contributed by atoms with E-state index in [2.05, 4.69) is 11.4 Å². The molecule has 1 amide bonds. The number of fused-ring (bicyclic) bond motifs is 2. The quantitative estimate of drug-likeness (QED) is 0.886. The fraction of sp³-hybridized carbons (Fsp3) is 0.364. The maximum Gasteiger partial charge on any atom is 0.258 e. The van der Waals surface area contributed by atoms with Crippen molar-refractivity contribution in [1.82, 2.24) is 5.32 Å². The first-order valence-electron chi connectivity index (χ1n) is 9.40. The van der Waals surface area contributed by atoms with Gasteiger partial charge in [-0.3, -0.25) is 9.59 Å². The SMILES string of the molecule is C[C@H]1CC(=O)c2c(OCC(=O)NC3CCCc4ccccc43)ccc(F)c21. The van der Waals surface area contributed by atoms with Gasteiger partial charge < -0.3 is 10.1 Å². The summed E-state index contributed by atoms with van der Waals surface area (Å²) in [5.41, 5.74) is 3.12. The van der Waals surface area contributed by atoms with E-state index in [1.54, 1.807) is 0 Å². The lowest BCUT2D eigenvalue weighted by atomic mass is 9.88. The number of ketones is 1. The Hall–Kier alpha value is -2.69. The van der Waals surface area contributed by atoms with Gasteiger partial charge in [-0.05, 0) is 48.4 Å². The monoisotopic (exact) mass is 367 g/mol. The number of hydrogen-bond acceptors (Lipinski definition) is 3. The summed E-state index contributed by atoms with van der Waals surface area (Å²) in [6.45, 7) is 1.63. The number of halogens is 1. The largest absolute Gasteiger partial charge is 0.483 e. The van der Waals surface area contributed by atoms with E-state index in [1.807, 2.05) is 25.1 Å². The molecule has 4 nitrogen and oxygen atoms in total. The number of aryl methyl sites for hydroxylation is 1. The first kappa shape index (κ1) is 17.7. The van der Waals surface area contributed by atoms with Crippen molar-refractivity contribution in [3.05, 3.63) is 64.5 Å². The zero-order valence-electron chi connectivity index (χ0n) is 15.3. The minimum Gasteiger partial charge on any atom is -0.483 e. The van der Waals surface area contributed by atoms with Gasteiger partial charge in [0.1, 0.15) is 11.6 Å². The zero-order chi connectivity index (χ0) is 19.0. The van der Waals surface area contributed by atoms with Crippen LogP contribution in [0.5, 0.6) is 5.75 Å². The molecule has 0 spiro atoms. The van der Waals surface area contributed by atoms with Gasteiger partial charge in [-0.25, -0.2) is 4.39 Å². The number of amides is 1. The molecule has 2 atom stereocenters. The summed E-state index contributed by atoms with van der Waals surface area (Å²) >= 11 is 0. The van der Waals surface area contributed by atoms with E-state index >= 15 is 0 Å². The standard InChI is InChI=1S/C22H22FNO3/c1-13-11-18(25)22-19(10-9-16(23)21(13)22)27-12-20(26)24-17-8-4-6-14-5-2-3-7-15(14)17/h2-3,5,7,9-10,13,17H,4,6,8,11-12H2,1H3,(H,24,26)/t13-,17?/m0/s1. The number of ether oxygens (including phenoxy) is 1. The van der Waals surface area contributed by atoms with Crippen molar-refractivity contribution in [1.29, 1.82) is 0 Å². The Morgan fingerprint density at radius 3 is 2.93 bits per heavy atom. The van der Waals surface area contributed by atoms with Crippen molar-refractivity contribution >= 4 is 11.7 Å². The number of rotatable bonds is 4. The van der Waals surface area contributed by atoms with Crippen LogP contribution in [-0.4, -0.2) is 18.3 Å². The van der Waals surface area contributed by atoms with Gasteiger partial charge in [0.2, 0.25) is 0 Å². The molecule has 0 saturated heterocycles. The van der Waals surface area contributed by atoms with Crippen LogP contribution in [0.4, 0.5) is 4.39 Å². The molecule has 0 radical (unpaired) electrons. The van der Waals surface area contributed by atoms with Crippen molar-refractivity contribution < 1.29 is 18.7 Å². The van der Waals surface area contributed by atoms with Gasteiger partial charge in [-0.1, -0.05) is 31.2 Å². The molecule has 2 aliphatic carbocycles. The lowest BCUT2D eigenvalue weighted by Crippen LogP contribution is -2.34. The molecule has 2 aromatic carbocycles. The molecule has 2 aliphatic rings. The number of carbonyl (C=O) groups excluding carboxylic acids is 2. The summed E-state index contributed by atoms with van der Waals surface area (Å²) in [7, 11) is 0. The molecule has 5 heteroatoms. The zero-order valence-corrected chi connectivity index (χ0v) is 15.3. The average Bonchev–Trinajstić information content (AvgIpc) is 2.97. The molecular weight excluding hydrogens is 345 g/mol. The van der Waals surface area contributed by atoms with Crippen molar-refractivity contribution in [2.75, 3.05) is 6.61 Å². The molecule has 0 fully saturated rings.